The molecule has 86 valence electrons. The molecule has 0 aliphatic carbocycles. The van der Waals surface area contributed by atoms with Gasteiger partial charge in [0.25, 0.3) is 0 Å². The summed E-state index contributed by atoms with van der Waals surface area (Å²) in [5, 5.41) is 19.7. The first-order valence-corrected chi connectivity index (χ1v) is 4.28. The highest BCUT2D eigenvalue weighted by Crippen LogP contribution is 2.21. The van der Waals surface area contributed by atoms with Gasteiger partial charge in [0, 0.05) is 12.7 Å². The van der Waals surface area contributed by atoms with E-state index in [9.17, 15) is 13.2 Å². The van der Waals surface area contributed by atoms with E-state index >= 15 is 0 Å². The van der Waals surface area contributed by atoms with Crippen molar-refractivity contribution in [2.45, 2.75) is 12.3 Å². The van der Waals surface area contributed by atoms with Crippen LogP contribution in [0.2, 0.25) is 0 Å². The summed E-state index contributed by atoms with van der Waals surface area (Å²) < 4.78 is 35.9. The molecule has 0 bridgehead atoms. The summed E-state index contributed by atoms with van der Waals surface area (Å²) in [6.07, 6.45) is -4.58. The summed E-state index contributed by atoms with van der Waals surface area (Å²) >= 11 is 0. The number of aliphatic hydroxyl groups excluding tert-OH is 1. The molecule has 0 radical (unpaired) electrons. The average molecular weight is 231 g/mol. The number of alkyl halides is 3. The predicted octanol–water partition coefficient (Wildman–Crippen LogP) is 1.29. The van der Waals surface area contributed by atoms with E-state index in [-0.39, 0.29) is 11.3 Å². The fourth-order valence-electron chi connectivity index (χ4n) is 0.955. The monoisotopic (exact) mass is 231 g/mol. The van der Waals surface area contributed by atoms with Crippen LogP contribution in [0.25, 0.3) is 0 Å². The zero-order chi connectivity index (χ0) is 12.2. The number of rotatable bonds is 3. The number of halogens is 3. The molecular formula is C9H8F3N3O. The van der Waals surface area contributed by atoms with E-state index in [1.54, 1.807) is 6.07 Å². The minimum absolute atomic E-state index is 0.160. The van der Waals surface area contributed by atoms with E-state index in [0.29, 0.717) is 0 Å². The maximum Gasteiger partial charge on any atom is 0.416 e. The molecule has 2 N–H and O–H groups in total. The number of nitrogens with zero attached hydrogens (tertiary/aromatic N) is 2. The third-order valence-corrected chi connectivity index (χ3v) is 1.81. The Morgan fingerprint density at radius 2 is 2.25 bits per heavy atom. The summed E-state index contributed by atoms with van der Waals surface area (Å²) in [6, 6.07) is 3.16. The van der Waals surface area contributed by atoms with Crippen molar-refractivity contribution in [3.05, 3.63) is 24.0 Å². The SMILES string of the molecule is N#Cc1ccncc1NCC(O)C(F)(F)F. The molecule has 0 fully saturated rings. The molecule has 0 aromatic carbocycles. The van der Waals surface area contributed by atoms with Crippen molar-refractivity contribution < 1.29 is 18.3 Å². The van der Waals surface area contributed by atoms with E-state index in [0.717, 1.165) is 0 Å². The normalized spacial score (nSPS) is 12.9. The largest absolute Gasteiger partial charge is 0.416 e. The second kappa shape index (κ2) is 4.81. The Morgan fingerprint density at radius 3 is 2.81 bits per heavy atom. The van der Waals surface area contributed by atoms with E-state index in [4.69, 9.17) is 10.4 Å². The Bertz CT molecular complexity index is 400. The fraction of sp³-hybridized carbons (Fsp3) is 0.333. The third kappa shape index (κ3) is 3.10. The first-order chi connectivity index (χ1) is 7.45. The van der Waals surface area contributed by atoms with Gasteiger partial charge in [0.1, 0.15) is 6.07 Å². The number of hydrogen-bond acceptors (Lipinski definition) is 4. The lowest BCUT2D eigenvalue weighted by Gasteiger charge is -2.15. The summed E-state index contributed by atoms with van der Waals surface area (Å²) in [6.45, 7) is -0.718. The van der Waals surface area contributed by atoms with Crippen molar-refractivity contribution >= 4 is 5.69 Å². The molecule has 0 saturated heterocycles. The second-order valence-corrected chi connectivity index (χ2v) is 2.97. The van der Waals surface area contributed by atoms with E-state index in [1.807, 2.05) is 0 Å². The van der Waals surface area contributed by atoms with Crippen molar-refractivity contribution in [2.24, 2.45) is 0 Å². The number of anilines is 1. The van der Waals surface area contributed by atoms with Gasteiger partial charge in [-0.05, 0) is 6.07 Å². The van der Waals surface area contributed by atoms with E-state index in [2.05, 4.69) is 10.3 Å². The number of nitriles is 1. The molecule has 16 heavy (non-hydrogen) atoms. The Balaban J connectivity index is 2.66. The third-order valence-electron chi connectivity index (χ3n) is 1.81. The molecule has 7 heteroatoms. The molecule has 0 aliphatic heterocycles. The first-order valence-electron chi connectivity index (χ1n) is 4.28. The molecule has 4 nitrogen and oxygen atoms in total. The zero-order valence-electron chi connectivity index (χ0n) is 7.99. The van der Waals surface area contributed by atoms with Crippen molar-refractivity contribution in [2.75, 3.05) is 11.9 Å². The van der Waals surface area contributed by atoms with Gasteiger partial charge >= 0.3 is 6.18 Å². The molecule has 0 amide bonds. The molecular weight excluding hydrogens is 223 g/mol. The van der Waals surface area contributed by atoms with Crippen molar-refractivity contribution in [3.8, 4) is 6.07 Å². The zero-order valence-corrected chi connectivity index (χ0v) is 7.99. The lowest BCUT2D eigenvalue weighted by Crippen LogP contribution is -2.35. The molecule has 1 atom stereocenters. The van der Waals surface area contributed by atoms with Gasteiger partial charge in [-0.15, -0.1) is 0 Å². The maximum absolute atomic E-state index is 12.0. The van der Waals surface area contributed by atoms with Gasteiger partial charge in [-0.1, -0.05) is 0 Å². The van der Waals surface area contributed by atoms with Crippen molar-refractivity contribution in [1.29, 1.82) is 5.26 Å². The van der Waals surface area contributed by atoms with Gasteiger partial charge in [0.05, 0.1) is 17.4 Å². The minimum atomic E-state index is -4.68. The van der Waals surface area contributed by atoms with Crippen molar-refractivity contribution in [1.82, 2.24) is 4.98 Å². The Kier molecular flexibility index (Phi) is 3.68. The first kappa shape index (κ1) is 12.3. The minimum Gasteiger partial charge on any atom is -0.382 e. The molecule has 1 unspecified atom stereocenters. The predicted molar refractivity (Wildman–Crippen MR) is 49.5 cm³/mol. The van der Waals surface area contributed by atoms with Crippen molar-refractivity contribution in [3.63, 3.8) is 0 Å². The highest BCUT2D eigenvalue weighted by atomic mass is 19.4. The van der Waals surface area contributed by atoms with Crippen LogP contribution in [-0.4, -0.2) is 28.9 Å². The van der Waals surface area contributed by atoms with Crippen LogP contribution in [0.5, 0.6) is 0 Å². The van der Waals surface area contributed by atoms with E-state index < -0.39 is 18.8 Å². The average Bonchev–Trinajstić information content (AvgIpc) is 2.24. The van der Waals surface area contributed by atoms with Gasteiger partial charge in [-0.2, -0.15) is 18.4 Å². The Labute approximate surface area is 89.3 Å². The van der Waals surface area contributed by atoms with Crippen LogP contribution < -0.4 is 5.32 Å². The van der Waals surface area contributed by atoms with Crippen LogP contribution >= 0.6 is 0 Å². The summed E-state index contributed by atoms with van der Waals surface area (Å²) in [5.74, 6) is 0. The van der Waals surface area contributed by atoms with Gasteiger partial charge < -0.3 is 10.4 Å². The highest BCUT2D eigenvalue weighted by Gasteiger charge is 2.37. The number of nitrogens with one attached hydrogen (secondary N) is 1. The van der Waals surface area contributed by atoms with Crippen LogP contribution in [0, 0.1) is 11.3 Å². The maximum atomic E-state index is 12.0. The van der Waals surface area contributed by atoms with Gasteiger partial charge in [-0.3, -0.25) is 4.98 Å². The lowest BCUT2D eigenvalue weighted by atomic mass is 10.2. The molecule has 0 spiro atoms. The van der Waals surface area contributed by atoms with Gasteiger partial charge in [0.2, 0.25) is 0 Å². The highest BCUT2D eigenvalue weighted by molar-refractivity contribution is 5.55. The smallest absolute Gasteiger partial charge is 0.382 e. The molecule has 1 heterocycles. The summed E-state index contributed by atoms with van der Waals surface area (Å²) in [4.78, 5) is 3.66. The van der Waals surface area contributed by atoms with Gasteiger partial charge in [-0.25, -0.2) is 0 Å². The van der Waals surface area contributed by atoms with E-state index in [1.165, 1.54) is 18.5 Å². The quantitative estimate of drug-likeness (QED) is 0.822. The summed E-state index contributed by atoms with van der Waals surface area (Å²) in [5.41, 5.74) is 0.331. The Morgan fingerprint density at radius 1 is 1.56 bits per heavy atom. The number of aliphatic hydroxyl groups is 1. The molecule has 1 aromatic rings. The van der Waals surface area contributed by atoms with Crippen LogP contribution in [0.1, 0.15) is 5.56 Å². The van der Waals surface area contributed by atoms with Gasteiger partial charge in [0.15, 0.2) is 6.10 Å². The molecule has 1 rings (SSSR count). The fourth-order valence-corrected chi connectivity index (χ4v) is 0.955. The topological polar surface area (TPSA) is 68.9 Å². The molecule has 0 aliphatic rings. The Hall–Kier alpha value is -1.81. The van der Waals surface area contributed by atoms with Crippen LogP contribution in [-0.2, 0) is 0 Å². The number of aromatic nitrogens is 1. The number of pyridine rings is 1. The summed E-state index contributed by atoms with van der Waals surface area (Å²) in [7, 11) is 0. The molecule has 1 aromatic heterocycles. The number of hydrogen-bond donors (Lipinski definition) is 2. The molecule has 0 saturated carbocycles. The lowest BCUT2D eigenvalue weighted by molar-refractivity contribution is -0.198. The van der Waals surface area contributed by atoms with Crippen LogP contribution in [0.4, 0.5) is 18.9 Å². The van der Waals surface area contributed by atoms with Crippen LogP contribution in [0.3, 0.4) is 0 Å². The standard InChI is InChI=1S/C9H8F3N3O/c10-9(11,12)8(16)5-15-7-4-14-2-1-6(7)3-13/h1-2,4,8,15-16H,5H2. The van der Waals surface area contributed by atoms with Crippen LogP contribution in [0.15, 0.2) is 18.5 Å². The second-order valence-electron chi connectivity index (χ2n) is 2.97.